The molecule has 0 bridgehead atoms. The van der Waals surface area contributed by atoms with Crippen LogP contribution in [0.4, 0.5) is 22.5 Å². The van der Waals surface area contributed by atoms with Crippen LogP contribution in [0.25, 0.3) is 10.6 Å². The summed E-state index contributed by atoms with van der Waals surface area (Å²) in [6, 6.07) is 7.80. The van der Waals surface area contributed by atoms with Gasteiger partial charge in [0.15, 0.2) is 5.13 Å². The second-order valence-corrected chi connectivity index (χ2v) is 11.1. The van der Waals surface area contributed by atoms with E-state index in [2.05, 4.69) is 27.0 Å². The van der Waals surface area contributed by atoms with E-state index in [1.54, 1.807) is 30.5 Å². The van der Waals surface area contributed by atoms with Crippen molar-refractivity contribution in [3.05, 3.63) is 63.4 Å². The zero-order valence-electron chi connectivity index (χ0n) is 23.1. The molecule has 3 heterocycles. The highest BCUT2D eigenvalue weighted by molar-refractivity contribution is 7.19. The minimum Gasteiger partial charge on any atom is -0.378 e. The number of benzene rings is 1. The van der Waals surface area contributed by atoms with Crippen LogP contribution >= 0.6 is 46.1 Å². The third-order valence-corrected chi connectivity index (χ3v) is 7.80. The van der Waals surface area contributed by atoms with Gasteiger partial charge in [-0.05, 0) is 57.2 Å². The lowest BCUT2D eigenvalue weighted by Crippen LogP contribution is -2.36. The average molecular weight is 610 g/mol. The van der Waals surface area contributed by atoms with E-state index in [0.717, 1.165) is 45.9 Å². The fraction of sp³-hybridized carbons (Fsp3) is 0.393. The summed E-state index contributed by atoms with van der Waals surface area (Å²) in [5.41, 5.74) is 3.51. The zero-order valence-corrected chi connectivity index (χ0v) is 26.2. The predicted octanol–water partition coefficient (Wildman–Crippen LogP) is 8.26. The smallest absolute Gasteiger partial charge is 0.227 e. The van der Waals surface area contributed by atoms with Gasteiger partial charge in [-0.25, -0.2) is 15.0 Å². The van der Waals surface area contributed by atoms with E-state index in [1.165, 1.54) is 0 Å². The van der Waals surface area contributed by atoms with Crippen molar-refractivity contribution in [3.63, 3.8) is 0 Å². The highest BCUT2D eigenvalue weighted by atomic mass is 35.5. The number of aromatic nitrogens is 3. The zero-order chi connectivity index (χ0) is 28.5. The van der Waals surface area contributed by atoms with Crippen LogP contribution in [0.2, 0.25) is 5.02 Å². The number of allylic oxidation sites excluding steroid dienone is 3. The molecule has 1 aliphatic rings. The van der Waals surface area contributed by atoms with E-state index in [9.17, 15) is 0 Å². The van der Waals surface area contributed by atoms with Crippen LogP contribution in [0.15, 0.2) is 52.7 Å². The molecule has 11 heteroatoms. The monoisotopic (exact) mass is 608 g/mol. The van der Waals surface area contributed by atoms with Crippen molar-refractivity contribution < 1.29 is 4.74 Å². The Morgan fingerprint density at radius 3 is 2.56 bits per heavy atom. The first-order chi connectivity index (χ1) is 18.7. The largest absolute Gasteiger partial charge is 0.378 e. The van der Waals surface area contributed by atoms with Crippen LogP contribution in [0.3, 0.4) is 0 Å². The number of hydrogen-bond donors (Lipinski definition) is 1. The first-order valence-corrected chi connectivity index (χ1v) is 14.8. The molecule has 0 aliphatic carbocycles. The topological polar surface area (TPSA) is 66.4 Å². The molecule has 4 rings (SSSR count). The van der Waals surface area contributed by atoms with Gasteiger partial charge in [0.25, 0.3) is 0 Å². The Kier molecular flexibility index (Phi) is 11.9. The minimum absolute atomic E-state index is 0.0194. The lowest BCUT2D eigenvalue weighted by Gasteiger charge is -2.29. The molecule has 3 aromatic rings. The van der Waals surface area contributed by atoms with E-state index in [0.29, 0.717) is 34.2 Å². The van der Waals surface area contributed by atoms with Crippen molar-refractivity contribution >= 4 is 68.6 Å². The molecule has 210 valence electrons. The van der Waals surface area contributed by atoms with Gasteiger partial charge in [0.1, 0.15) is 0 Å². The van der Waals surface area contributed by atoms with Crippen LogP contribution in [-0.2, 0) is 4.74 Å². The molecule has 2 aromatic heterocycles. The predicted molar refractivity (Wildman–Crippen MR) is 168 cm³/mol. The van der Waals surface area contributed by atoms with E-state index in [-0.39, 0.29) is 6.04 Å². The van der Waals surface area contributed by atoms with Crippen LogP contribution in [-0.4, -0.2) is 54.3 Å². The van der Waals surface area contributed by atoms with Crippen molar-refractivity contribution in [2.45, 2.75) is 40.7 Å². The normalized spacial score (nSPS) is 14.9. The molecule has 1 aromatic carbocycles. The number of morpholine rings is 1. The molecule has 1 fully saturated rings. The number of thiazole rings is 1. The number of hydrogen-bond acceptors (Lipinski definition) is 8. The van der Waals surface area contributed by atoms with Gasteiger partial charge in [0, 0.05) is 48.1 Å². The maximum absolute atomic E-state index is 6.59. The van der Waals surface area contributed by atoms with Crippen LogP contribution in [0.5, 0.6) is 0 Å². The highest BCUT2D eigenvalue weighted by Crippen LogP contribution is 2.35. The molecule has 1 aliphatic heterocycles. The van der Waals surface area contributed by atoms with Crippen LogP contribution in [0, 0.1) is 6.92 Å². The maximum Gasteiger partial charge on any atom is 0.227 e. The number of halogens is 3. The van der Waals surface area contributed by atoms with Gasteiger partial charge in [0.05, 0.1) is 40.2 Å². The molecule has 0 amide bonds. The second kappa shape index (κ2) is 14.9. The molecule has 0 saturated carbocycles. The SMILES string of the molecule is C/C(Cl)=C\C(Cl)=C/C(C)N(C)c1nc(C)c(-c2ccnc(Nc3ccc(N4CCOCC4)c(Cl)c3)n2)s1.CC. The summed E-state index contributed by atoms with van der Waals surface area (Å²) in [7, 11) is 1.99. The summed E-state index contributed by atoms with van der Waals surface area (Å²) in [5, 5.41) is 6.04. The first kappa shape index (κ1) is 31.2. The Bertz CT molecular complexity index is 1300. The minimum atomic E-state index is 0.0194. The fourth-order valence-corrected chi connectivity index (χ4v) is 5.75. The number of anilines is 4. The van der Waals surface area contributed by atoms with Gasteiger partial charge in [-0.1, -0.05) is 60.0 Å². The molecule has 1 unspecified atom stereocenters. The van der Waals surface area contributed by atoms with Crippen molar-refractivity contribution in [2.75, 3.05) is 48.5 Å². The third-order valence-electron chi connectivity index (χ3n) is 5.88. The standard InChI is InChI=1S/C26H29Cl3N6OS.C2H6/c1-16(27)13-19(28)14-17(2)34(4)26-31-18(3)24(37-26)22-7-8-30-25(33-22)32-20-5-6-23(21(29)15-20)35-9-11-36-12-10-35;1-2/h5-8,13-15,17H,9-12H2,1-4H3,(H,30,32,33);1-2H3/b16-13+,19-14+;. The quantitative estimate of drug-likeness (QED) is 0.258. The number of rotatable bonds is 8. The van der Waals surface area contributed by atoms with Crippen molar-refractivity contribution in [1.82, 2.24) is 15.0 Å². The van der Waals surface area contributed by atoms with Gasteiger partial charge < -0.3 is 19.9 Å². The van der Waals surface area contributed by atoms with E-state index < -0.39 is 0 Å². The number of nitrogens with zero attached hydrogens (tertiary/aromatic N) is 5. The molecular weight excluding hydrogens is 575 g/mol. The Morgan fingerprint density at radius 2 is 1.90 bits per heavy atom. The highest BCUT2D eigenvalue weighted by Gasteiger charge is 2.18. The van der Waals surface area contributed by atoms with Crippen LogP contribution < -0.4 is 15.1 Å². The molecule has 7 nitrogen and oxygen atoms in total. The van der Waals surface area contributed by atoms with Crippen molar-refractivity contribution in [1.29, 1.82) is 0 Å². The van der Waals surface area contributed by atoms with Gasteiger partial charge in [-0.15, -0.1) is 0 Å². The lowest BCUT2D eigenvalue weighted by molar-refractivity contribution is 0.122. The molecule has 0 radical (unpaired) electrons. The Hall–Kier alpha value is -2.36. The lowest BCUT2D eigenvalue weighted by atomic mass is 10.2. The van der Waals surface area contributed by atoms with Gasteiger partial charge in [-0.2, -0.15) is 0 Å². The van der Waals surface area contributed by atoms with E-state index >= 15 is 0 Å². The van der Waals surface area contributed by atoms with Gasteiger partial charge >= 0.3 is 0 Å². The van der Waals surface area contributed by atoms with Crippen molar-refractivity contribution in [3.8, 4) is 10.6 Å². The molecule has 1 atom stereocenters. The van der Waals surface area contributed by atoms with Gasteiger partial charge in [0.2, 0.25) is 5.95 Å². The molecule has 39 heavy (non-hydrogen) atoms. The average Bonchev–Trinajstić information content (AvgIpc) is 3.31. The molecule has 1 saturated heterocycles. The number of likely N-dealkylation sites (N-methyl/N-ethyl adjacent to an activating group) is 1. The molecule has 0 spiro atoms. The Balaban J connectivity index is 0.00000205. The van der Waals surface area contributed by atoms with Crippen molar-refractivity contribution in [2.24, 2.45) is 0 Å². The summed E-state index contributed by atoms with van der Waals surface area (Å²) >= 11 is 20.4. The summed E-state index contributed by atoms with van der Waals surface area (Å²) < 4.78 is 5.44. The summed E-state index contributed by atoms with van der Waals surface area (Å²) in [4.78, 5) is 19.2. The number of ether oxygens (including phenoxy) is 1. The summed E-state index contributed by atoms with van der Waals surface area (Å²) in [6.45, 7) is 12.9. The summed E-state index contributed by atoms with van der Waals surface area (Å²) in [6.07, 6.45) is 5.40. The Morgan fingerprint density at radius 1 is 1.18 bits per heavy atom. The number of aryl methyl sites for hydroxylation is 1. The first-order valence-electron chi connectivity index (χ1n) is 12.9. The second-order valence-electron chi connectivity index (χ2n) is 8.70. The summed E-state index contributed by atoms with van der Waals surface area (Å²) in [5.74, 6) is 0.488. The molecule has 1 N–H and O–H groups in total. The van der Waals surface area contributed by atoms with Gasteiger partial charge in [-0.3, -0.25) is 0 Å². The van der Waals surface area contributed by atoms with E-state index in [4.69, 9.17) is 49.5 Å². The Labute approximate surface area is 250 Å². The van der Waals surface area contributed by atoms with E-state index in [1.807, 2.05) is 58.2 Å². The fourth-order valence-electron chi connectivity index (χ4n) is 3.85. The number of nitrogens with one attached hydrogen (secondary N) is 1. The van der Waals surface area contributed by atoms with Crippen LogP contribution in [0.1, 0.15) is 33.4 Å². The molecular formula is C28H35Cl3N6OS. The maximum atomic E-state index is 6.59. The third kappa shape index (κ3) is 8.56.